The Bertz CT molecular complexity index is 890. The van der Waals surface area contributed by atoms with Gasteiger partial charge in [-0.2, -0.15) is 0 Å². The van der Waals surface area contributed by atoms with Gasteiger partial charge in [0, 0.05) is 24.9 Å². The molecule has 1 amide bonds. The molecule has 0 spiro atoms. The van der Waals surface area contributed by atoms with Crippen LogP contribution < -0.4 is 10.1 Å². The third-order valence-electron chi connectivity index (χ3n) is 5.68. The molecular weight excluding hydrogens is 388 g/mol. The van der Waals surface area contributed by atoms with Gasteiger partial charge in [-0.1, -0.05) is 48.5 Å². The standard InChI is InChI=1S/C25H28N4O2/c30-25(28-24(20-7-3-1-4-8-20)23-19-26-13-14-27-23)21-11-15-29(16-12-21)17-18-31-22-9-5-2-6-10-22/h1-10,13-14,19,21,24H,11-12,15-18H2,(H,28,30). The van der Waals surface area contributed by atoms with Gasteiger partial charge in [-0.15, -0.1) is 0 Å². The summed E-state index contributed by atoms with van der Waals surface area (Å²) in [6.45, 7) is 3.33. The molecule has 6 heteroatoms. The van der Waals surface area contributed by atoms with Crippen molar-refractivity contribution in [1.82, 2.24) is 20.2 Å². The van der Waals surface area contributed by atoms with Gasteiger partial charge in [0.1, 0.15) is 12.4 Å². The Balaban J connectivity index is 1.29. The topological polar surface area (TPSA) is 67.4 Å². The number of piperidine rings is 1. The zero-order valence-electron chi connectivity index (χ0n) is 17.6. The second-order valence-corrected chi connectivity index (χ2v) is 7.76. The number of amides is 1. The number of carbonyl (C=O) groups excluding carboxylic acids is 1. The predicted molar refractivity (Wildman–Crippen MR) is 120 cm³/mol. The maximum atomic E-state index is 13.1. The van der Waals surface area contributed by atoms with Crippen LogP contribution in [0.2, 0.25) is 0 Å². The number of aromatic nitrogens is 2. The molecule has 160 valence electrons. The maximum absolute atomic E-state index is 13.1. The molecule has 6 nitrogen and oxygen atoms in total. The van der Waals surface area contributed by atoms with Gasteiger partial charge in [0.15, 0.2) is 0 Å². The molecule has 1 saturated heterocycles. The highest BCUT2D eigenvalue weighted by Gasteiger charge is 2.27. The molecular formula is C25H28N4O2. The Morgan fingerprint density at radius 3 is 2.42 bits per heavy atom. The van der Waals surface area contributed by atoms with Crippen LogP contribution in [0.15, 0.2) is 79.3 Å². The first-order chi connectivity index (χ1) is 15.3. The lowest BCUT2D eigenvalue weighted by atomic mass is 9.94. The van der Waals surface area contributed by atoms with E-state index in [1.54, 1.807) is 18.6 Å². The van der Waals surface area contributed by atoms with Crippen LogP contribution in [0.4, 0.5) is 0 Å². The largest absolute Gasteiger partial charge is 0.492 e. The van der Waals surface area contributed by atoms with Gasteiger partial charge in [-0.3, -0.25) is 19.7 Å². The molecule has 1 unspecified atom stereocenters. The molecule has 31 heavy (non-hydrogen) atoms. The Labute approximate surface area is 183 Å². The average Bonchev–Trinajstić information content (AvgIpc) is 2.84. The molecule has 0 bridgehead atoms. The molecule has 1 atom stereocenters. The van der Waals surface area contributed by atoms with Crippen molar-refractivity contribution in [3.63, 3.8) is 0 Å². The van der Waals surface area contributed by atoms with E-state index in [1.807, 2.05) is 60.7 Å². The molecule has 2 heterocycles. The lowest BCUT2D eigenvalue weighted by Gasteiger charge is -2.32. The second kappa shape index (κ2) is 10.7. The minimum Gasteiger partial charge on any atom is -0.492 e. The number of likely N-dealkylation sites (tertiary alicyclic amines) is 1. The van der Waals surface area contributed by atoms with E-state index in [4.69, 9.17) is 4.74 Å². The zero-order chi connectivity index (χ0) is 21.3. The van der Waals surface area contributed by atoms with Crippen molar-refractivity contribution >= 4 is 5.91 Å². The molecule has 1 aliphatic heterocycles. The normalized spacial score (nSPS) is 15.9. The zero-order valence-corrected chi connectivity index (χ0v) is 17.6. The van der Waals surface area contributed by atoms with E-state index in [1.165, 1.54) is 0 Å². The molecule has 3 aromatic rings. The number of hydrogen-bond donors (Lipinski definition) is 1. The molecule has 0 aliphatic carbocycles. The van der Waals surface area contributed by atoms with Gasteiger partial charge in [0.05, 0.1) is 17.9 Å². The molecule has 0 radical (unpaired) electrons. The van der Waals surface area contributed by atoms with Gasteiger partial charge in [-0.05, 0) is 43.6 Å². The number of para-hydroxylation sites is 1. The van der Waals surface area contributed by atoms with Crippen molar-refractivity contribution in [2.75, 3.05) is 26.2 Å². The van der Waals surface area contributed by atoms with Crippen LogP contribution in [0.25, 0.3) is 0 Å². The van der Waals surface area contributed by atoms with E-state index in [0.717, 1.165) is 49.5 Å². The first-order valence-electron chi connectivity index (χ1n) is 10.8. The molecule has 1 N–H and O–H groups in total. The smallest absolute Gasteiger partial charge is 0.224 e. The van der Waals surface area contributed by atoms with Crippen molar-refractivity contribution in [2.24, 2.45) is 5.92 Å². The Morgan fingerprint density at radius 1 is 1.03 bits per heavy atom. The fourth-order valence-electron chi connectivity index (χ4n) is 3.92. The van der Waals surface area contributed by atoms with Crippen molar-refractivity contribution in [3.8, 4) is 5.75 Å². The molecule has 1 aliphatic rings. The van der Waals surface area contributed by atoms with Crippen LogP contribution in [0.1, 0.15) is 30.1 Å². The summed E-state index contributed by atoms with van der Waals surface area (Å²) in [5.74, 6) is 0.988. The monoisotopic (exact) mass is 416 g/mol. The maximum Gasteiger partial charge on any atom is 0.224 e. The molecule has 1 aromatic heterocycles. The van der Waals surface area contributed by atoms with Crippen molar-refractivity contribution < 1.29 is 9.53 Å². The quantitative estimate of drug-likeness (QED) is 0.609. The van der Waals surface area contributed by atoms with Crippen LogP contribution >= 0.6 is 0 Å². The van der Waals surface area contributed by atoms with Crippen LogP contribution in [0.3, 0.4) is 0 Å². The fraction of sp³-hybridized carbons (Fsp3) is 0.320. The Hall–Kier alpha value is -3.25. The average molecular weight is 417 g/mol. The molecule has 1 fully saturated rings. The van der Waals surface area contributed by atoms with E-state index < -0.39 is 0 Å². The number of nitrogens with one attached hydrogen (secondary N) is 1. The first kappa shape index (κ1) is 21.0. The summed E-state index contributed by atoms with van der Waals surface area (Å²) in [4.78, 5) is 24.0. The van der Waals surface area contributed by atoms with E-state index >= 15 is 0 Å². The van der Waals surface area contributed by atoms with E-state index in [9.17, 15) is 4.79 Å². The van der Waals surface area contributed by atoms with E-state index in [2.05, 4.69) is 20.2 Å². The van der Waals surface area contributed by atoms with Crippen LogP contribution in [-0.4, -0.2) is 47.0 Å². The van der Waals surface area contributed by atoms with E-state index in [-0.39, 0.29) is 17.9 Å². The second-order valence-electron chi connectivity index (χ2n) is 7.76. The lowest BCUT2D eigenvalue weighted by molar-refractivity contribution is -0.127. The highest BCUT2D eigenvalue weighted by molar-refractivity contribution is 5.79. The van der Waals surface area contributed by atoms with Gasteiger partial charge in [0.25, 0.3) is 0 Å². The van der Waals surface area contributed by atoms with Crippen molar-refractivity contribution in [2.45, 2.75) is 18.9 Å². The van der Waals surface area contributed by atoms with E-state index in [0.29, 0.717) is 6.61 Å². The highest BCUT2D eigenvalue weighted by Crippen LogP contribution is 2.23. The van der Waals surface area contributed by atoms with Crippen LogP contribution in [0.5, 0.6) is 5.75 Å². The molecule has 4 rings (SSSR count). The number of benzene rings is 2. The summed E-state index contributed by atoms with van der Waals surface area (Å²) in [5.41, 5.74) is 1.75. The Kier molecular flexibility index (Phi) is 7.24. The van der Waals surface area contributed by atoms with Gasteiger partial charge in [-0.25, -0.2) is 0 Å². The molecule has 2 aromatic carbocycles. The van der Waals surface area contributed by atoms with Gasteiger partial charge >= 0.3 is 0 Å². The van der Waals surface area contributed by atoms with Crippen LogP contribution in [0, 0.1) is 5.92 Å². The summed E-state index contributed by atoms with van der Waals surface area (Å²) in [7, 11) is 0. The number of nitrogens with zero attached hydrogens (tertiary/aromatic N) is 3. The van der Waals surface area contributed by atoms with Crippen molar-refractivity contribution in [1.29, 1.82) is 0 Å². The number of carbonyl (C=O) groups is 1. The summed E-state index contributed by atoms with van der Waals surface area (Å²) in [5, 5.41) is 3.21. The van der Waals surface area contributed by atoms with Gasteiger partial charge < -0.3 is 10.1 Å². The first-order valence-corrected chi connectivity index (χ1v) is 10.8. The highest BCUT2D eigenvalue weighted by atomic mass is 16.5. The minimum atomic E-state index is -0.292. The van der Waals surface area contributed by atoms with Gasteiger partial charge in [0.2, 0.25) is 5.91 Å². The lowest BCUT2D eigenvalue weighted by Crippen LogP contribution is -2.43. The number of hydrogen-bond acceptors (Lipinski definition) is 5. The van der Waals surface area contributed by atoms with Crippen LogP contribution in [-0.2, 0) is 4.79 Å². The third-order valence-corrected chi connectivity index (χ3v) is 5.68. The SMILES string of the molecule is O=C(NC(c1ccccc1)c1cnccn1)C1CCN(CCOc2ccccc2)CC1. The fourth-order valence-corrected chi connectivity index (χ4v) is 3.92. The summed E-state index contributed by atoms with van der Waals surface area (Å²) < 4.78 is 5.80. The number of rotatable bonds is 8. The van der Waals surface area contributed by atoms with Crippen molar-refractivity contribution in [3.05, 3.63) is 90.5 Å². The summed E-state index contributed by atoms with van der Waals surface area (Å²) in [6, 6.07) is 19.5. The molecule has 0 saturated carbocycles. The number of ether oxygens (including phenoxy) is 1. The summed E-state index contributed by atoms with van der Waals surface area (Å²) in [6.07, 6.45) is 6.71. The predicted octanol–water partition coefficient (Wildman–Crippen LogP) is 3.47. The third kappa shape index (κ3) is 5.89. The minimum absolute atomic E-state index is 0.00850. The Morgan fingerprint density at radius 2 is 1.74 bits per heavy atom. The summed E-state index contributed by atoms with van der Waals surface area (Å²) >= 11 is 0.